The second-order valence-corrected chi connectivity index (χ2v) is 6.26. The lowest BCUT2D eigenvalue weighted by Crippen LogP contribution is -2.51. The van der Waals surface area contributed by atoms with Gasteiger partial charge in [-0.15, -0.1) is 0 Å². The summed E-state index contributed by atoms with van der Waals surface area (Å²) < 4.78 is 5.75. The van der Waals surface area contributed by atoms with Crippen molar-refractivity contribution in [2.24, 2.45) is 0 Å². The van der Waals surface area contributed by atoms with Crippen molar-refractivity contribution in [3.8, 4) is 5.75 Å². The Labute approximate surface area is 143 Å². The summed E-state index contributed by atoms with van der Waals surface area (Å²) in [6.45, 7) is 3.67. The molecule has 0 bridgehead atoms. The highest BCUT2D eigenvalue weighted by atomic mass is 16.5. The van der Waals surface area contributed by atoms with Crippen LogP contribution >= 0.6 is 0 Å². The van der Waals surface area contributed by atoms with Gasteiger partial charge in [-0.2, -0.15) is 0 Å². The van der Waals surface area contributed by atoms with Crippen LogP contribution in [0.15, 0.2) is 54.6 Å². The van der Waals surface area contributed by atoms with E-state index in [4.69, 9.17) is 4.74 Å². The predicted molar refractivity (Wildman–Crippen MR) is 95.2 cm³/mol. The van der Waals surface area contributed by atoms with Gasteiger partial charge in [-0.1, -0.05) is 30.3 Å². The van der Waals surface area contributed by atoms with Crippen molar-refractivity contribution in [2.45, 2.75) is 38.5 Å². The molecule has 24 heavy (non-hydrogen) atoms. The zero-order valence-electron chi connectivity index (χ0n) is 14.0. The summed E-state index contributed by atoms with van der Waals surface area (Å²) in [4.78, 5) is 12.4. The summed E-state index contributed by atoms with van der Waals surface area (Å²) in [5, 5.41) is 6.52. The van der Waals surface area contributed by atoms with E-state index in [2.05, 4.69) is 17.6 Å². The highest BCUT2D eigenvalue weighted by molar-refractivity contribution is 5.94. The molecule has 2 aromatic rings. The molecule has 1 aliphatic rings. The summed E-state index contributed by atoms with van der Waals surface area (Å²) in [5.74, 6) is 0.744. The number of carbonyl (C=O) groups is 1. The quantitative estimate of drug-likeness (QED) is 0.888. The van der Waals surface area contributed by atoms with Gasteiger partial charge in [0.2, 0.25) is 0 Å². The SMILES string of the molecule is CC1NCCCC1NC(=O)c1ccc(OCc2ccccc2)cc1. The van der Waals surface area contributed by atoms with Gasteiger partial charge in [0.25, 0.3) is 5.91 Å². The van der Waals surface area contributed by atoms with E-state index in [0.717, 1.165) is 30.7 Å². The normalized spacial score (nSPS) is 20.4. The van der Waals surface area contributed by atoms with E-state index in [-0.39, 0.29) is 11.9 Å². The molecule has 1 saturated heterocycles. The minimum atomic E-state index is -0.0230. The van der Waals surface area contributed by atoms with Crippen molar-refractivity contribution < 1.29 is 9.53 Å². The van der Waals surface area contributed by atoms with Crippen LogP contribution in [0, 0.1) is 0 Å². The second kappa shape index (κ2) is 7.97. The van der Waals surface area contributed by atoms with Gasteiger partial charge in [-0.3, -0.25) is 4.79 Å². The molecule has 0 aromatic heterocycles. The first-order valence-corrected chi connectivity index (χ1v) is 8.53. The number of carbonyl (C=O) groups excluding carboxylic acids is 1. The molecule has 1 aliphatic heterocycles. The van der Waals surface area contributed by atoms with Crippen LogP contribution in [-0.2, 0) is 6.61 Å². The maximum Gasteiger partial charge on any atom is 0.251 e. The lowest BCUT2D eigenvalue weighted by Gasteiger charge is -2.30. The molecule has 0 aliphatic carbocycles. The largest absolute Gasteiger partial charge is 0.489 e. The molecule has 126 valence electrons. The first-order valence-electron chi connectivity index (χ1n) is 8.53. The van der Waals surface area contributed by atoms with Crippen LogP contribution in [0.5, 0.6) is 5.75 Å². The molecule has 0 radical (unpaired) electrons. The lowest BCUT2D eigenvalue weighted by molar-refractivity contribution is 0.0920. The fraction of sp³-hybridized carbons (Fsp3) is 0.350. The lowest BCUT2D eigenvalue weighted by atomic mass is 9.99. The number of rotatable bonds is 5. The number of piperidine rings is 1. The monoisotopic (exact) mass is 324 g/mol. The summed E-state index contributed by atoms with van der Waals surface area (Å²) in [7, 11) is 0. The van der Waals surface area contributed by atoms with E-state index in [9.17, 15) is 4.79 Å². The molecule has 1 fully saturated rings. The van der Waals surface area contributed by atoms with Crippen LogP contribution in [0.25, 0.3) is 0 Å². The van der Waals surface area contributed by atoms with Gasteiger partial charge in [0.15, 0.2) is 0 Å². The molecule has 3 rings (SSSR count). The Bertz CT molecular complexity index is 655. The maximum absolute atomic E-state index is 12.4. The van der Waals surface area contributed by atoms with E-state index < -0.39 is 0 Å². The van der Waals surface area contributed by atoms with Gasteiger partial charge in [-0.25, -0.2) is 0 Å². The zero-order valence-corrected chi connectivity index (χ0v) is 14.0. The van der Waals surface area contributed by atoms with Gasteiger partial charge in [0.1, 0.15) is 12.4 Å². The number of ether oxygens (including phenoxy) is 1. The zero-order chi connectivity index (χ0) is 16.8. The Balaban J connectivity index is 1.54. The van der Waals surface area contributed by atoms with Crippen molar-refractivity contribution in [2.75, 3.05) is 6.54 Å². The molecule has 1 amide bonds. The van der Waals surface area contributed by atoms with Gasteiger partial charge in [-0.05, 0) is 56.1 Å². The summed E-state index contributed by atoms with van der Waals surface area (Å²) in [6.07, 6.45) is 2.12. The van der Waals surface area contributed by atoms with Crippen molar-refractivity contribution in [3.05, 3.63) is 65.7 Å². The van der Waals surface area contributed by atoms with Crippen LogP contribution in [0.1, 0.15) is 35.7 Å². The first kappa shape index (κ1) is 16.5. The molecule has 2 N–H and O–H groups in total. The van der Waals surface area contributed by atoms with Crippen molar-refractivity contribution in [1.29, 1.82) is 0 Å². The van der Waals surface area contributed by atoms with Crippen molar-refractivity contribution >= 4 is 5.91 Å². The second-order valence-electron chi connectivity index (χ2n) is 6.26. The Morgan fingerprint density at radius 2 is 1.92 bits per heavy atom. The summed E-state index contributed by atoms with van der Waals surface area (Å²) in [5.41, 5.74) is 1.79. The van der Waals surface area contributed by atoms with E-state index in [1.807, 2.05) is 54.6 Å². The third-order valence-electron chi connectivity index (χ3n) is 4.44. The fourth-order valence-electron chi connectivity index (χ4n) is 2.94. The Hall–Kier alpha value is -2.33. The van der Waals surface area contributed by atoms with Gasteiger partial charge in [0.05, 0.1) is 0 Å². The molecule has 4 heteroatoms. The van der Waals surface area contributed by atoms with Crippen LogP contribution < -0.4 is 15.4 Å². The number of benzene rings is 2. The molecule has 4 nitrogen and oxygen atoms in total. The maximum atomic E-state index is 12.4. The molecular formula is C20H24N2O2. The van der Waals surface area contributed by atoms with Crippen LogP contribution in [0.3, 0.4) is 0 Å². The summed E-state index contributed by atoms with van der Waals surface area (Å²) >= 11 is 0. The fourth-order valence-corrected chi connectivity index (χ4v) is 2.94. The molecule has 2 unspecified atom stereocenters. The number of hydrogen-bond donors (Lipinski definition) is 2. The van der Waals surface area contributed by atoms with E-state index in [0.29, 0.717) is 18.2 Å². The van der Waals surface area contributed by atoms with E-state index in [1.165, 1.54) is 0 Å². The van der Waals surface area contributed by atoms with Gasteiger partial charge < -0.3 is 15.4 Å². The van der Waals surface area contributed by atoms with Crippen LogP contribution in [0.2, 0.25) is 0 Å². The highest BCUT2D eigenvalue weighted by Gasteiger charge is 2.22. The number of amides is 1. The molecule has 2 atom stereocenters. The Morgan fingerprint density at radius 1 is 1.17 bits per heavy atom. The topological polar surface area (TPSA) is 50.4 Å². The van der Waals surface area contributed by atoms with Crippen molar-refractivity contribution in [1.82, 2.24) is 10.6 Å². The first-order chi connectivity index (χ1) is 11.7. The summed E-state index contributed by atoms with van der Waals surface area (Å²) in [6, 6.07) is 17.9. The Morgan fingerprint density at radius 3 is 2.62 bits per heavy atom. The van der Waals surface area contributed by atoms with Crippen LogP contribution in [-0.4, -0.2) is 24.5 Å². The third kappa shape index (κ3) is 4.36. The molecule has 0 saturated carbocycles. The van der Waals surface area contributed by atoms with E-state index in [1.54, 1.807) is 0 Å². The highest BCUT2D eigenvalue weighted by Crippen LogP contribution is 2.15. The van der Waals surface area contributed by atoms with Gasteiger partial charge in [0, 0.05) is 17.6 Å². The smallest absolute Gasteiger partial charge is 0.251 e. The number of nitrogens with one attached hydrogen (secondary N) is 2. The van der Waals surface area contributed by atoms with E-state index >= 15 is 0 Å². The van der Waals surface area contributed by atoms with Crippen molar-refractivity contribution in [3.63, 3.8) is 0 Å². The standard InChI is InChI=1S/C20H24N2O2/c1-15-19(8-5-13-21-15)22-20(23)17-9-11-18(12-10-17)24-14-16-6-3-2-4-7-16/h2-4,6-7,9-12,15,19,21H,5,8,13-14H2,1H3,(H,22,23). The minimum absolute atomic E-state index is 0.0230. The third-order valence-corrected chi connectivity index (χ3v) is 4.44. The molecule has 0 spiro atoms. The minimum Gasteiger partial charge on any atom is -0.489 e. The molecular weight excluding hydrogens is 300 g/mol. The van der Waals surface area contributed by atoms with Crippen LogP contribution in [0.4, 0.5) is 0 Å². The average Bonchev–Trinajstić information content (AvgIpc) is 2.63. The molecule has 2 aromatic carbocycles. The predicted octanol–water partition coefficient (Wildman–Crippen LogP) is 3.14. The average molecular weight is 324 g/mol. The molecule has 1 heterocycles. The number of hydrogen-bond acceptors (Lipinski definition) is 3. The Kier molecular flexibility index (Phi) is 5.49. The van der Waals surface area contributed by atoms with Gasteiger partial charge >= 0.3 is 0 Å².